The standard InChI is InChI=1S/C8H14/c1-2-4-8(5-3-1)6-7-8/h1-7H2/i6D2,7D2. The van der Waals surface area contributed by atoms with E-state index in [9.17, 15) is 0 Å². The van der Waals surface area contributed by atoms with Gasteiger partial charge in [0.25, 0.3) is 0 Å². The molecule has 0 heteroatoms. The fourth-order valence-electron chi connectivity index (χ4n) is 1.49. The third-order valence-electron chi connectivity index (χ3n) is 2.19. The summed E-state index contributed by atoms with van der Waals surface area (Å²) in [5, 5.41) is 0. The average Bonchev–Trinajstić information content (AvgIpc) is 2.33. The molecule has 0 aromatic carbocycles. The van der Waals surface area contributed by atoms with Crippen molar-refractivity contribution >= 4 is 0 Å². The van der Waals surface area contributed by atoms with E-state index in [0.717, 1.165) is 32.1 Å². The summed E-state index contributed by atoms with van der Waals surface area (Å²) in [6.45, 7) is 0. The molecule has 2 fully saturated rings. The normalized spacial score (nSPS) is 53.0. The first-order valence-corrected chi connectivity index (χ1v) is 3.46. The third kappa shape index (κ3) is 0.667. The maximum atomic E-state index is 7.59. The molecule has 2 rings (SSSR count). The smallest absolute Gasteiger partial charge is 0.0272 e. The Morgan fingerprint density at radius 3 is 2.00 bits per heavy atom. The summed E-state index contributed by atoms with van der Waals surface area (Å²) in [6, 6.07) is 0. The molecule has 2 aliphatic rings. The van der Waals surface area contributed by atoms with Crippen LogP contribution >= 0.6 is 0 Å². The van der Waals surface area contributed by atoms with Crippen molar-refractivity contribution in [3.05, 3.63) is 0 Å². The van der Waals surface area contributed by atoms with Crippen molar-refractivity contribution in [2.75, 3.05) is 0 Å². The van der Waals surface area contributed by atoms with Crippen LogP contribution in [0.5, 0.6) is 0 Å². The van der Waals surface area contributed by atoms with E-state index in [1.807, 2.05) is 0 Å². The Morgan fingerprint density at radius 1 is 1.00 bits per heavy atom. The van der Waals surface area contributed by atoms with Crippen LogP contribution in [0.2, 0.25) is 0 Å². The highest BCUT2D eigenvalue weighted by Crippen LogP contribution is 2.55. The zero-order valence-corrected chi connectivity index (χ0v) is 5.04. The van der Waals surface area contributed by atoms with Crippen LogP contribution in [0.25, 0.3) is 0 Å². The van der Waals surface area contributed by atoms with E-state index in [0.29, 0.717) is 0 Å². The van der Waals surface area contributed by atoms with Crippen molar-refractivity contribution in [2.24, 2.45) is 5.41 Å². The Hall–Kier alpha value is 0. The van der Waals surface area contributed by atoms with E-state index in [1.165, 1.54) is 0 Å². The van der Waals surface area contributed by atoms with Gasteiger partial charge >= 0.3 is 0 Å². The van der Waals surface area contributed by atoms with Crippen LogP contribution in [0.3, 0.4) is 0 Å². The SMILES string of the molecule is [2H]C1([2H])C([2H])([2H])C12CCCCC2. The van der Waals surface area contributed by atoms with Gasteiger partial charge in [-0.15, -0.1) is 0 Å². The Morgan fingerprint density at radius 2 is 1.62 bits per heavy atom. The summed E-state index contributed by atoms with van der Waals surface area (Å²) in [5.74, 6) is 0. The van der Waals surface area contributed by atoms with E-state index >= 15 is 0 Å². The molecule has 0 aromatic rings. The molecule has 0 N–H and O–H groups in total. The molecule has 0 aromatic heterocycles. The van der Waals surface area contributed by atoms with Crippen molar-refractivity contribution in [1.82, 2.24) is 0 Å². The monoisotopic (exact) mass is 114 g/mol. The summed E-state index contributed by atoms with van der Waals surface area (Å²) in [6.07, 6.45) is 1.52. The molecule has 2 aliphatic carbocycles. The molecule has 0 atom stereocenters. The molecule has 0 nitrogen and oxygen atoms in total. The van der Waals surface area contributed by atoms with Crippen LogP contribution in [0.15, 0.2) is 0 Å². The number of hydrogen-bond donors (Lipinski definition) is 0. The average molecular weight is 114 g/mol. The van der Waals surface area contributed by atoms with Crippen LogP contribution in [-0.4, -0.2) is 0 Å². The van der Waals surface area contributed by atoms with E-state index < -0.39 is 18.2 Å². The van der Waals surface area contributed by atoms with Gasteiger partial charge in [-0.05, 0) is 31.0 Å². The van der Waals surface area contributed by atoms with E-state index in [-0.39, 0.29) is 0 Å². The fourth-order valence-corrected chi connectivity index (χ4v) is 1.49. The second-order valence-corrected chi connectivity index (χ2v) is 2.89. The lowest BCUT2D eigenvalue weighted by Gasteiger charge is -2.19. The molecule has 0 unspecified atom stereocenters. The second-order valence-electron chi connectivity index (χ2n) is 2.89. The summed E-state index contributed by atoms with van der Waals surface area (Å²) in [5.41, 5.74) is -0.613. The zero-order valence-electron chi connectivity index (χ0n) is 9.04. The summed E-state index contributed by atoms with van der Waals surface area (Å²) in [7, 11) is 0. The molecular formula is C8H14. The molecule has 46 valence electrons. The van der Waals surface area contributed by atoms with Gasteiger partial charge in [0.2, 0.25) is 0 Å². The topological polar surface area (TPSA) is 0 Å². The van der Waals surface area contributed by atoms with Gasteiger partial charge in [-0.1, -0.05) is 19.3 Å². The third-order valence-corrected chi connectivity index (χ3v) is 2.19. The first-order chi connectivity index (χ1) is 5.46. The molecule has 0 bridgehead atoms. The van der Waals surface area contributed by atoms with Crippen LogP contribution in [-0.2, 0) is 0 Å². The van der Waals surface area contributed by atoms with E-state index in [2.05, 4.69) is 0 Å². The highest BCUT2D eigenvalue weighted by atomic mass is 14.5. The zero-order chi connectivity index (χ0) is 9.04. The Kier molecular flexibility index (Phi) is 0.432. The molecule has 1 spiro atoms. The van der Waals surface area contributed by atoms with Crippen molar-refractivity contribution in [3.63, 3.8) is 0 Å². The lowest BCUT2D eigenvalue weighted by molar-refractivity contribution is 0.337. The Balaban J connectivity index is 2.24. The van der Waals surface area contributed by atoms with E-state index in [4.69, 9.17) is 5.48 Å². The van der Waals surface area contributed by atoms with Crippen LogP contribution in [0.4, 0.5) is 0 Å². The van der Waals surface area contributed by atoms with E-state index in [1.54, 1.807) is 0 Å². The largest absolute Gasteiger partial charge is 0.0533 e. The van der Waals surface area contributed by atoms with Gasteiger partial charge in [0.15, 0.2) is 0 Å². The van der Waals surface area contributed by atoms with Crippen molar-refractivity contribution in [1.29, 1.82) is 0 Å². The van der Waals surface area contributed by atoms with Gasteiger partial charge in [0, 0.05) is 5.48 Å². The molecular weight excluding hydrogens is 96.1 g/mol. The molecule has 2 saturated carbocycles. The quantitative estimate of drug-likeness (QED) is 0.454. The maximum absolute atomic E-state index is 7.59. The highest BCUT2D eigenvalue weighted by Gasteiger charge is 2.42. The van der Waals surface area contributed by atoms with Gasteiger partial charge < -0.3 is 0 Å². The maximum Gasteiger partial charge on any atom is 0.0272 e. The predicted molar refractivity (Wildman–Crippen MR) is 34.8 cm³/mol. The minimum Gasteiger partial charge on any atom is -0.0533 e. The lowest BCUT2D eigenvalue weighted by atomic mass is 9.87. The molecule has 0 saturated heterocycles. The first kappa shape index (κ1) is 2.32. The van der Waals surface area contributed by atoms with Crippen molar-refractivity contribution < 1.29 is 5.48 Å². The van der Waals surface area contributed by atoms with Crippen molar-refractivity contribution in [3.8, 4) is 0 Å². The Bertz CT molecular complexity index is 187. The summed E-state index contributed by atoms with van der Waals surface area (Å²) < 4.78 is 30.3. The lowest BCUT2D eigenvalue weighted by Crippen LogP contribution is -2.05. The van der Waals surface area contributed by atoms with Gasteiger partial charge in [-0.3, -0.25) is 0 Å². The van der Waals surface area contributed by atoms with Gasteiger partial charge in [0.1, 0.15) is 0 Å². The fraction of sp³-hybridized carbons (Fsp3) is 1.00. The second kappa shape index (κ2) is 1.49. The minimum absolute atomic E-state index is 0.613. The van der Waals surface area contributed by atoms with Crippen molar-refractivity contribution in [2.45, 2.75) is 44.8 Å². The van der Waals surface area contributed by atoms with Gasteiger partial charge in [-0.25, -0.2) is 0 Å². The van der Waals surface area contributed by atoms with Crippen LogP contribution in [0.1, 0.15) is 50.3 Å². The molecule has 8 heavy (non-hydrogen) atoms. The van der Waals surface area contributed by atoms with Crippen LogP contribution in [0, 0.1) is 5.41 Å². The van der Waals surface area contributed by atoms with Crippen LogP contribution < -0.4 is 0 Å². The minimum atomic E-state index is -1.56. The summed E-state index contributed by atoms with van der Waals surface area (Å²) >= 11 is 0. The first-order valence-electron chi connectivity index (χ1n) is 5.46. The number of hydrogen-bond acceptors (Lipinski definition) is 0. The molecule has 0 aliphatic heterocycles. The predicted octanol–water partition coefficient (Wildman–Crippen LogP) is 2.73. The molecule has 0 amide bonds. The highest BCUT2D eigenvalue weighted by molar-refractivity contribution is 4.94. The summed E-state index contributed by atoms with van der Waals surface area (Å²) in [4.78, 5) is 0. The molecule has 0 radical (unpaired) electrons. The van der Waals surface area contributed by atoms with Gasteiger partial charge in [-0.2, -0.15) is 0 Å². The molecule has 0 heterocycles. The Labute approximate surface area is 56.9 Å². The number of rotatable bonds is 0. The van der Waals surface area contributed by atoms with Gasteiger partial charge in [0.05, 0.1) is 0 Å².